The summed E-state index contributed by atoms with van der Waals surface area (Å²) in [4.78, 5) is 4.21. The highest BCUT2D eigenvalue weighted by Crippen LogP contribution is 2.44. The Bertz CT molecular complexity index is 338. The van der Waals surface area contributed by atoms with Crippen LogP contribution in [0.3, 0.4) is 0 Å². The molecule has 0 radical (unpaired) electrons. The number of aryl methyl sites for hydroxylation is 1. The van der Waals surface area contributed by atoms with E-state index in [0.717, 1.165) is 31.0 Å². The smallest absolute Gasteiger partial charge is 0.0948 e. The summed E-state index contributed by atoms with van der Waals surface area (Å²) < 4.78 is 2.23. The average Bonchev–Trinajstić information content (AvgIpc) is 3.19. The fourth-order valence-corrected chi connectivity index (χ4v) is 2.63. The zero-order chi connectivity index (χ0) is 11.0. The van der Waals surface area contributed by atoms with Crippen LogP contribution in [0.1, 0.15) is 38.3 Å². The summed E-state index contributed by atoms with van der Waals surface area (Å²) in [6, 6.07) is 0.792. The van der Waals surface area contributed by atoms with E-state index in [1.807, 2.05) is 12.5 Å². The SMILES string of the molecule is CCn1cncc1CNC(C1CC1)C1CC1. The molecule has 0 spiro atoms. The van der Waals surface area contributed by atoms with Gasteiger partial charge in [0.15, 0.2) is 0 Å². The van der Waals surface area contributed by atoms with Gasteiger partial charge in [0.25, 0.3) is 0 Å². The van der Waals surface area contributed by atoms with Crippen LogP contribution in [0.15, 0.2) is 12.5 Å². The lowest BCUT2D eigenvalue weighted by Crippen LogP contribution is -2.33. The molecule has 2 aliphatic carbocycles. The number of nitrogens with zero attached hydrogens (tertiary/aromatic N) is 2. The van der Waals surface area contributed by atoms with Crippen molar-refractivity contribution in [3.63, 3.8) is 0 Å². The summed E-state index contributed by atoms with van der Waals surface area (Å²) in [5.74, 6) is 1.95. The average molecular weight is 219 g/mol. The van der Waals surface area contributed by atoms with Crippen molar-refractivity contribution in [2.24, 2.45) is 11.8 Å². The van der Waals surface area contributed by atoms with Crippen LogP contribution in [-0.4, -0.2) is 15.6 Å². The molecular formula is C13H21N3. The Balaban J connectivity index is 1.58. The van der Waals surface area contributed by atoms with Gasteiger partial charge in [0.05, 0.1) is 12.0 Å². The van der Waals surface area contributed by atoms with E-state index < -0.39 is 0 Å². The molecule has 1 aromatic rings. The minimum atomic E-state index is 0.792. The maximum Gasteiger partial charge on any atom is 0.0948 e. The molecule has 0 bridgehead atoms. The summed E-state index contributed by atoms with van der Waals surface area (Å²) in [6.45, 7) is 4.19. The maximum atomic E-state index is 4.21. The molecule has 2 fully saturated rings. The summed E-state index contributed by atoms with van der Waals surface area (Å²) in [5, 5.41) is 3.76. The quantitative estimate of drug-likeness (QED) is 0.794. The van der Waals surface area contributed by atoms with E-state index in [2.05, 4.69) is 21.8 Å². The molecule has 1 N–H and O–H groups in total. The normalized spacial score (nSPS) is 20.6. The third-order valence-electron chi connectivity index (χ3n) is 3.92. The van der Waals surface area contributed by atoms with Crippen molar-refractivity contribution in [3.05, 3.63) is 18.2 Å². The fourth-order valence-electron chi connectivity index (χ4n) is 2.63. The first-order valence-corrected chi connectivity index (χ1v) is 6.61. The van der Waals surface area contributed by atoms with Gasteiger partial charge in [-0.25, -0.2) is 4.98 Å². The van der Waals surface area contributed by atoms with Crippen LogP contribution >= 0.6 is 0 Å². The van der Waals surface area contributed by atoms with Crippen molar-refractivity contribution in [3.8, 4) is 0 Å². The molecule has 3 heteroatoms. The molecule has 0 atom stereocenters. The third kappa shape index (κ3) is 2.14. The van der Waals surface area contributed by atoms with Crippen LogP contribution in [0.5, 0.6) is 0 Å². The number of aromatic nitrogens is 2. The molecule has 1 aromatic heterocycles. The molecule has 2 aliphatic rings. The lowest BCUT2D eigenvalue weighted by molar-refractivity contribution is 0.409. The second-order valence-electron chi connectivity index (χ2n) is 5.25. The second kappa shape index (κ2) is 4.21. The van der Waals surface area contributed by atoms with Gasteiger partial charge in [-0.15, -0.1) is 0 Å². The summed E-state index contributed by atoms with van der Waals surface area (Å²) in [6.07, 6.45) is 9.71. The number of rotatable bonds is 6. The van der Waals surface area contributed by atoms with Crippen molar-refractivity contribution in [2.75, 3.05) is 0 Å². The minimum Gasteiger partial charge on any atom is -0.334 e. The second-order valence-corrected chi connectivity index (χ2v) is 5.25. The molecule has 88 valence electrons. The number of imidazole rings is 1. The topological polar surface area (TPSA) is 29.9 Å². The van der Waals surface area contributed by atoms with Gasteiger partial charge in [-0.2, -0.15) is 0 Å². The van der Waals surface area contributed by atoms with E-state index in [1.165, 1.54) is 31.4 Å². The van der Waals surface area contributed by atoms with Crippen LogP contribution in [-0.2, 0) is 13.1 Å². The van der Waals surface area contributed by atoms with Gasteiger partial charge in [-0.1, -0.05) is 0 Å². The Morgan fingerprint density at radius 1 is 1.38 bits per heavy atom. The largest absolute Gasteiger partial charge is 0.334 e. The molecule has 3 rings (SSSR count). The first-order chi connectivity index (χ1) is 7.88. The van der Waals surface area contributed by atoms with E-state index in [-0.39, 0.29) is 0 Å². The Hall–Kier alpha value is -0.830. The molecule has 16 heavy (non-hydrogen) atoms. The van der Waals surface area contributed by atoms with Crippen LogP contribution in [0.25, 0.3) is 0 Å². The third-order valence-corrected chi connectivity index (χ3v) is 3.92. The zero-order valence-electron chi connectivity index (χ0n) is 10.0. The standard InChI is InChI=1S/C13H21N3/c1-2-16-9-14-7-12(16)8-15-13(10-3-4-10)11-5-6-11/h7,9-11,13,15H,2-6,8H2,1H3. The Morgan fingerprint density at radius 2 is 2.06 bits per heavy atom. The highest BCUT2D eigenvalue weighted by Gasteiger charge is 2.40. The molecular weight excluding hydrogens is 198 g/mol. The maximum absolute atomic E-state index is 4.21. The summed E-state index contributed by atoms with van der Waals surface area (Å²) >= 11 is 0. The molecule has 0 aliphatic heterocycles. The molecule has 0 amide bonds. The minimum absolute atomic E-state index is 0.792. The van der Waals surface area contributed by atoms with Crippen molar-refractivity contribution >= 4 is 0 Å². The van der Waals surface area contributed by atoms with Crippen molar-refractivity contribution in [1.82, 2.24) is 14.9 Å². The molecule has 3 nitrogen and oxygen atoms in total. The number of hydrogen-bond acceptors (Lipinski definition) is 2. The fraction of sp³-hybridized carbons (Fsp3) is 0.769. The number of nitrogens with one attached hydrogen (secondary N) is 1. The molecule has 2 saturated carbocycles. The van der Waals surface area contributed by atoms with Gasteiger partial charge < -0.3 is 9.88 Å². The van der Waals surface area contributed by atoms with Crippen LogP contribution in [0.4, 0.5) is 0 Å². The highest BCUT2D eigenvalue weighted by atomic mass is 15.1. The first kappa shape index (κ1) is 10.3. The number of hydrogen-bond donors (Lipinski definition) is 1. The van der Waals surface area contributed by atoms with Crippen molar-refractivity contribution in [1.29, 1.82) is 0 Å². The summed E-state index contributed by atoms with van der Waals surface area (Å²) in [5.41, 5.74) is 1.33. The summed E-state index contributed by atoms with van der Waals surface area (Å²) in [7, 11) is 0. The van der Waals surface area contributed by atoms with Crippen LogP contribution in [0.2, 0.25) is 0 Å². The molecule has 0 unspecified atom stereocenters. The van der Waals surface area contributed by atoms with Gasteiger partial charge in [-0.3, -0.25) is 0 Å². The van der Waals surface area contributed by atoms with Gasteiger partial charge in [0.2, 0.25) is 0 Å². The zero-order valence-corrected chi connectivity index (χ0v) is 10.0. The Labute approximate surface area is 97.3 Å². The van der Waals surface area contributed by atoms with Gasteiger partial charge in [-0.05, 0) is 44.4 Å². The Morgan fingerprint density at radius 3 is 2.62 bits per heavy atom. The van der Waals surface area contributed by atoms with E-state index >= 15 is 0 Å². The predicted molar refractivity (Wildman–Crippen MR) is 64.0 cm³/mol. The van der Waals surface area contributed by atoms with E-state index in [9.17, 15) is 0 Å². The van der Waals surface area contributed by atoms with Crippen molar-refractivity contribution in [2.45, 2.75) is 51.7 Å². The monoisotopic (exact) mass is 219 g/mol. The van der Waals surface area contributed by atoms with Gasteiger partial charge in [0, 0.05) is 25.3 Å². The highest BCUT2D eigenvalue weighted by molar-refractivity contribution is 5.01. The predicted octanol–water partition coefficient (Wildman–Crippen LogP) is 2.18. The van der Waals surface area contributed by atoms with Crippen LogP contribution < -0.4 is 5.32 Å². The first-order valence-electron chi connectivity index (χ1n) is 6.61. The lowest BCUT2D eigenvalue weighted by atomic mass is 10.1. The Kier molecular flexibility index (Phi) is 2.72. The van der Waals surface area contributed by atoms with Crippen molar-refractivity contribution < 1.29 is 0 Å². The van der Waals surface area contributed by atoms with E-state index in [4.69, 9.17) is 0 Å². The molecule has 1 heterocycles. The van der Waals surface area contributed by atoms with E-state index in [0.29, 0.717) is 0 Å². The van der Waals surface area contributed by atoms with Gasteiger partial charge in [0.1, 0.15) is 0 Å². The van der Waals surface area contributed by atoms with Gasteiger partial charge >= 0.3 is 0 Å². The lowest BCUT2D eigenvalue weighted by Gasteiger charge is -2.17. The van der Waals surface area contributed by atoms with Crippen LogP contribution in [0, 0.1) is 11.8 Å². The molecule has 0 aromatic carbocycles. The molecule has 0 saturated heterocycles. The van der Waals surface area contributed by atoms with E-state index in [1.54, 1.807) is 0 Å².